The second-order valence-electron chi connectivity index (χ2n) is 11.7. The monoisotopic (exact) mass is 416 g/mol. The molecule has 0 aromatic carbocycles. The van der Waals surface area contributed by atoms with Crippen LogP contribution in [-0.2, 0) is 9.59 Å². The third-order valence-corrected chi connectivity index (χ3v) is 8.75. The standard InChI is InChI=1S/C28H48O2/c1-3-5-11-25(29)13-7-9-15-27-18-23-17-24(19-27)21-28(20-23,22-27)16-10-8-14-26(30)12-6-4-2/h23-24H,3-22H2,1-2H3. The molecule has 0 unspecified atom stereocenters. The minimum absolute atomic E-state index is 0.493. The van der Waals surface area contributed by atoms with Crippen LogP contribution in [0, 0.1) is 22.7 Å². The van der Waals surface area contributed by atoms with Gasteiger partial charge in [0, 0.05) is 25.7 Å². The fraction of sp³-hybridized carbons (Fsp3) is 0.929. The van der Waals surface area contributed by atoms with Crippen molar-refractivity contribution in [2.75, 3.05) is 0 Å². The first kappa shape index (κ1) is 24.0. The Morgan fingerprint density at radius 1 is 0.633 bits per heavy atom. The average molecular weight is 417 g/mol. The van der Waals surface area contributed by atoms with Crippen molar-refractivity contribution in [1.29, 1.82) is 0 Å². The van der Waals surface area contributed by atoms with Gasteiger partial charge in [0.15, 0.2) is 0 Å². The quantitative estimate of drug-likeness (QED) is 0.237. The normalized spacial score (nSPS) is 31.9. The maximum Gasteiger partial charge on any atom is 0.132 e. The fourth-order valence-electron chi connectivity index (χ4n) is 7.88. The molecule has 0 aromatic heterocycles. The Morgan fingerprint density at radius 2 is 1.03 bits per heavy atom. The van der Waals surface area contributed by atoms with Crippen molar-refractivity contribution in [2.45, 2.75) is 142 Å². The number of carbonyl (C=O) groups is 2. The van der Waals surface area contributed by atoms with Gasteiger partial charge in [0.2, 0.25) is 0 Å². The molecule has 0 aliphatic heterocycles. The molecule has 2 heteroatoms. The Bertz CT molecular complexity index is 503. The zero-order valence-corrected chi connectivity index (χ0v) is 20.1. The van der Waals surface area contributed by atoms with Crippen molar-refractivity contribution < 1.29 is 9.59 Å². The number of carbonyl (C=O) groups excluding carboxylic acids is 2. The third kappa shape index (κ3) is 6.67. The number of ketones is 2. The highest BCUT2D eigenvalue weighted by Gasteiger charge is 2.56. The van der Waals surface area contributed by atoms with E-state index in [4.69, 9.17) is 0 Å². The van der Waals surface area contributed by atoms with Gasteiger partial charge in [-0.05, 0) is 99.7 Å². The molecule has 4 bridgehead atoms. The number of hydrogen-bond donors (Lipinski definition) is 0. The van der Waals surface area contributed by atoms with Crippen LogP contribution < -0.4 is 0 Å². The maximum absolute atomic E-state index is 12.0. The molecule has 4 saturated carbocycles. The summed E-state index contributed by atoms with van der Waals surface area (Å²) in [6, 6.07) is 0. The van der Waals surface area contributed by atoms with E-state index in [0.717, 1.165) is 76.0 Å². The molecule has 0 N–H and O–H groups in total. The topological polar surface area (TPSA) is 34.1 Å². The first-order valence-corrected chi connectivity index (χ1v) is 13.5. The summed E-state index contributed by atoms with van der Waals surface area (Å²) < 4.78 is 0. The number of unbranched alkanes of at least 4 members (excludes halogenated alkanes) is 4. The summed E-state index contributed by atoms with van der Waals surface area (Å²) in [5.41, 5.74) is 1.21. The van der Waals surface area contributed by atoms with Crippen molar-refractivity contribution in [3.63, 3.8) is 0 Å². The summed E-state index contributed by atoms with van der Waals surface area (Å²) >= 11 is 0. The lowest BCUT2D eigenvalue weighted by molar-refractivity contribution is -0.122. The molecule has 0 spiro atoms. The van der Waals surface area contributed by atoms with E-state index >= 15 is 0 Å². The van der Waals surface area contributed by atoms with Crippen LogP contribution in [0.2, 0.25) is 0 Å². The molecule has 0 aromatic rings. The number of Topliss-reactive ketones (excluding diaryl/α,β-unsaturated/α-hetero) is 2. The smallest absolute Gasteiger partial charge is 0.132 e. The summed E-state index contributed by atoms with van der Waals surface area (Å²) in [5.74, 6) is 2.94. The highest BCUT2D eigenvalue weighted by molar-refractivity contribution is 5.78. The van der Waals surface area contributed by atoms with Crippen molar-refractivity contribution in [3.05, 3.63) is 0 Å². The molecule has 30 heavy (non-hydrogen) atoms. The Balaban J connectivity index is 1.43. The lowest BCUT2D eigenvalue weighted by atomic mass is 9.42. The molecule has 4 fully saturated rings. The first-order valence-electron chi connectivity index (χ1n) is 13.5. The molecule has 0 saturated heterocycles. The minimum atomic E-state index is 0.493. The average Bonchev–Trinajstić information content (AvgIpc) is 2.70. The largest absolute Gasteiger partial charge is 0.300 e. The predicted molar refractivity (Wildman–Crippen MR) is 126 cm³/mol. The summed E-state index contributed by atoms with van der Waals surface area (Å²) in [7, 11) is 0. The van der Waals surface area contributed by atoms with Gasteiger partial charge in [-0.3, -0.25) is 9.59 Å². The van der Waals surface area contributed by atoms with Crippen LogP contribution in [0.3, 0.4) is 0 Å². The highest BCUT2D eigenvalue weighted by Crippen LogP contribution is 2.68. The van der Waals surface area contributed by atoms with E-state index in [2.05, 4.69) is 13.8 Å². The van der Waals surface area contributed by atoms with Gasteiger partial charge in [-0.2, -0.15) is 0 Å². The van der Waals surface area contributed by atoms with Gasteiger partial charge in [-0.1, -0.05) is 39.5 Å². The van der Waals surface area contributed by atoms with Crippen molar-refractivity contribution in [1.82, 2.24) is 0 Å². The molecule has 4 aliphatic carbocycles. The van der Waals surface area contributed by atoms with E-state index in [1.165, 1.54) is 64.2 Å². The molecule has 172 valence electrons. The minimum Gasteiger partial charge on any atom is -0.300 e. The molecule has 2 nitrogen and oxygen atoms in total. The molecule has 0 amide bonds. The zero-order valence-electron chi connectivity index (χ0n) is 20.1. The molecule has 0 radical (unpaired) electrons. The van der Waals surface area contributed by atoms with Gasteiger partial charge < -0.3 is 0 Å². The SMILES string of the molecule is CCCCC(=O)CCCCC12CC3CC(C1)CC(CCCCC(=O)CCCC)(C3)C2. The Labute approximate surface area is 186 Å². The van der Waals surface area contributed by atoms with E-state index in [1.54, 1.807) is 0 Å². The third-order valence-electron chi connectivity index (χ3n) is 8.75. The Kier molecular flexibility index (Phi) is 9.02. The summed E-state index contributed by atoms with van der Waals surface area (Å²) in [6.45, 7) is 4.33. The van der Waals surface area contributed by atoms with Crippen molar-refractivity contribution >= 4 is 11.6 Å². The summed E-state index contributed by atoms with van der Waals surface area (Å²) in [4.78, 5) is 24.0. The van der Waals surface area contributed by atoms with Gasteiger partial charge in [0.05, 0.1) is 0 Å². The predicted octanol–water partition coefficient (Wildman–Crippen LogP) is 8.21. The maximum atomic E-state index is 12.0. The van der Waals surface area contributed by atoms with E-state index in [-0.39, 0.29) is 0 Å². The van der Waals surface area contributed by atoms with Gasteiger partial charge in [-0.15, -0.1) is 0 Å². The van der Waals surface area contributed by atoms with Crippen LogP contribution in [0.4, 0.5) is 0 Å². The molecular weight excluding hydrogens is 368 g/mol. The number of rotatable bonds is 16. The molecular formula is C28H48O2. The molecule has 0 atom stereocenters. The zero-order chi connectivity index (χ0) is 21.5. The lowest BCUT2D eigenvalue weighted by Crippen LogP contribution is -2.51. The van der Waals surface area contributed by atoms with Crippen LogP contribution in [0.5, 0.6) is 0 Å². The van der Waals surface area contributed by atoms with Gasteiger partial charge >= 0.3 is 0 Å². The second-order valence-corrected chi connectivity index (χ2v) is 11.7. The summed E-state index contributed by atoms with van der Waals surface area (Å²) in [5, 5.41) is 0. The Morgan fingerprint density at radius 3 is 1.43 bits per heavy atom. The molecule has 4 rings (SSSR count). The van der Waals surface area contributed by atoms with Crippen LogP contribution in [-0.4, -0.2) is 11.6 Å². The van der Waals surface area contributed by atoms with Gasteiger partial charge in [0.1, 0.15) is 11.6 Å². The van der Waals surface area contributed by atoms with Crippen LogP contribution >= 0.6 is 0 Å². The Hall–Kier alpha value is -0.660. The van der Waals surface area contributed by atoms with Crippen molar-refractivity contribution in [3.8, 4) is 0 Å². The second kappa shape index (κ2) is 11.3. The van der Waals surface area contributed by atoms with E-state index < -0.39 is 0 Å². The van der Waals surface area contributed by atoms with E-state index in [1.807, 2.05) is 0 Å². The summed E-state index contributed by atoms with van der Waals surface area (Å²) in [6.07, 6.45) is 24.0. The van der Waals surface area contributed by atoms with Crippen LogP contribution in [0.15, 0.2) is 0 Å². The highest BCUT2D eigenvalue weighted by atomic mass is 16.1. The first-order chi connectivity index (χ1) is 14.5. The fourth-order valence-corrected chi connectivity index (χ4v) is 7.88. The van der Waals surface area contributed by atoms with Crippen molar-refractivity contribution in [2.24, 2.45) is 22.7 Å². The number of hydrogen-bond acceptors (Lipinski definition) is 2. The lowest BCUT2D eigenvalue weighted by Gasteiger charge is -2.63. The van der Waals surface area contributed by atoms with Crippen LogP contribution in [0.1, 0.15) is 142 Å². The molecule has 4 aliphatic rings. The van der Waals surface area contributed by atoms with Crippen LogP contribution in [0.25, 0.3) is 0 Å². The van der Waals surface area contributed by atoms with E-state index in [0.29, 0.717) is 22.4 Å². The van der Waals surface area contributed by atoms with Gasteiger partial charge in [0.25, 0.3) is 0 Å². The van der Waals surface area contributed by atoms with Gasteiger partial charge in [-0.25, -0.2) is 0 Å². The van der Waals surface area contributed by atoms with E-state index in [9.17, 15) is 9.59 Å². The molecule has 0 heterocycles.